The molecule has 0 aliphatic rings. The van der Waals surface area contributed by atoms with Crippen molar-refractivity contribution in [2.75, 3.05) is 6.54 Å². The number of benzene rings is 2. The number of aryl methyl sites for hydroxylation is 2. The average Bonchev–Trinajstić information content (AvgIpc) is 2.43. The number of halogens is 1. The van der Waals surface area contributed by atoms with Gasteiger partial charge in [0, 0.05) is 11.1 Å². The molecule has 0 bridgehead atoms. The normalized spacial score (nSPS) is 12.4. The third-order valence-electron chi connectivity index (χ3n) is 3.63. The second-order valence-electron chi connectivity index (χ2n) is 5.76. The molecule has 0 aliphatic heterocycles. The van der Waals surface area contributed by atoms with Crippen molar-refractivity contribution in [2.45, 2.75) is 39.7 Å². The van der Waals surface area contributed by atoms with Crippen LogP contribution in [0.4, 0.5) is 0 Å². The minimum absolute atomic E-state index is 0.336. The van der Waals surface area contributed by atoms with Crippen molar-refractivity contribution in [3.05, 3.63) is 69.7 Å². The molecule has 0 fully saturated rings. The Bertz CT molecular complexity index is 554. The van der Waals surface area contributed by atoms with E-state index in [2.05, 4.69) is 56.4 Å². The zero-order valence-corrected chi connectivity index (χ0v) is 13.9. The highest BCUT2D eigenvalue weighted by Crippen LogP contribution is 2.22. The van der Waals surface area contributed by atoms with E-state index in [0.29, 0.717) is 6.04 Å². The molecule has 0 saturated heterocycles. The van der Waals surface area contributed by atoms with Crippen LogP contribution in [0.3, 0.4) is 0 Å². The Morgan fingerprint density at radius 1 is 1.00 bits per heavy atom. The van der Waals surface area contributed by atoms with Crippen molar-refractivity contribution in [1.29, 1.82) is 0 Å². The molecular weight excluding hydrogens is 278 g/mol. The lowest BCUT2D eigenvalue weighted by Gasteiger charge is -2.20. The molecule has 0 spiro atoms. The van der Waals surface area contributed by atoms with E-state index in [-0.39, 0.29) is 0 Å². The summed E-state index contributed by atoms with van der Waals surface area (Å²) in [6.07, 6.45) is 2.14. The minimum Gasteiger partial charge on any atom is -0.310 e. The van der Waals surface area contributed by atoms with Gasteiger partial charge in [-0.05, 0) is 56.5 Å². The summed E-state index contributed by atoms with van der Waals surface area (Å²) >= 11 is 6.00. The van der Waals surface area contributed by atoms with Crippen LogP contribution in [0.15, 0.2) is 42.5 Å². The van der Waals surface area contributed by atoms with Crippen LogP contribution in [0.1, 0.15) is 41.6 Å². The molecule has 0 saturated carbocycles. The maximum atomic E-state index is 6.00. The Balaban J connectivity index is 2.21. The maximum absolute atomic E-state index is 6.00. The van der Waals surface area contributed by atoms with Gasteiger partial charge in [0.2, 0.25) is 0 Å². The molecular formula is C19H24ClN. The zero-order chi connectivity index (χ0) is 15.2. The van der Waals surface area contributed by atoms with Gasteiger partial charge in [-0.1, -0.05) is 60.0 Å². The van der Waals surface area contributed by atoms with Crippen LogP contribution in [0, 0.1) is 13.8 Å². The van der Waals surface area contributed by atoms with Crippen molar-refractivity contribution in [3.63, 3.8) is 0 Å². The molecule has 112 valence electrons. The average molecular weight is 302 g/mol. The lowest BCUT2D eigenvalue weighted by atomic mass is 9.96. The van der Waals surface area contributed by atoms with Crippen molar-refractivity contribution in [3.8, 4) is 0 Å². The predicted molar refractivity (Wildman–Crippen MR) is 92.1 cm³/mol. The fourth-order valence-electron chi connectivity index (χ4n) is 2.74. The molecule has 2 heteroatoms. The van der Waals surface area contributed by atoms with E-state index < -0.39 is 0 Å². The Kier molecular flexibility index (Phi) is 5.84. The van der Waals surface area contributed by atoms with Crippen LogP contribution in [0.5, 0.6) is 0 Å². The molecule has 2 aromatic carbocycles. The Morgan fingerprint density at radius 2 is 1.62 bits per heavy atom. The summed E-state index contributed by atoms with van der Waals surface area (Å²) in [5.41, 5.74) is 5.34. The first-order chi connectivity index (χ1) is 10.1. The molecule has 21 heavy (non-hydrogen) atoms. The summed E-state index contributed by atoms with van der Waals surface area (Å²) in [5.74, 6) is 0. The molecule has 0 aliphatic carbocycles. The van der Waals surface area contributed by atoms with E-state index in [9.17, 15) is 0 Å². The van der Waals surface area contributed by atoms with Crippen molar-refractivity contribution in [1.82, 2.24) is 5.32 Å². The highest BCUT2D eigenvalue weighted by Gasteiger charge is 2.12. The van der Waals surface area contributed by atoms with Crippen molar-refractivity contribution in [2.24, 2.45) is 0 Å². The molecule has 1 N–H and O–H groups in total. The number of hydrogen-bond acceptors (Lipinski definition) is 1. The maximum Gasteiger partial charge on any atom is 0.0406 e. The fourth-order valence-corrected chi connectivity index (χ4v) is 2.87. The van der Waals surface area contributed by atoms with Crippen LogP contribution in [0.25, 0.3) is 0 Å². The van der Waals surface area contributed by atoms with Gasteiger partial charge in [-0.3, -0.25) is 0 Å². The Labute approximate surface area is 133 Å². The van der Waals surface area contributed by atoms with E-state index in [0.717, 1.165) is 24.4 Å². The highest BCUT2D eigenvalue weighted by molar-refractivity contribution is 6.30. The van der Waals surface area contributed by atoms with Crippen molar-refractivity contribution >= 4 is 11.6 Å². The molecule has 0 heterocycles. The number of hydrogen-bond donors (Lipinski definition) is 1. The van der Waals surface area contributed by atoms with E-state index in [1.54, 1.807) is 0 Å². The third kappa shape index (κ3) is 4.87. The fraction of sp³-hybridized carbons (Fsp3) is 0.368. The molecule has 1 atom stereocenters. The van der Waals surface area contributed by atoms with E-state index >= 15 is 0 Å². The zero-order valence-electron chi connectivity index (χ0n) is 13.1. The second-order valence-corrected chi connectivity index (χ2v) is 6.19. The first kappa shape index (κ1) is 16.1. The molecule has 1 nitrogen and oxygen atoms in total. The lowest BCUT2D eigenvalue weighted by molar-refractivity contribution is 0.529. The molecule has 0 radical (unpaired) electrons. The summed E-state index contributed by atoms with van der Waals surface area (Å²) in [6, 6.07) is 15.3. The highest BCUT2D eigenvalue weighted by atomic mass is 35.5. The first-order valence-electron chi connectivity index (χ1n) is 7.64. The molecule has 2 rings (SSSR count). The monoisotopic (exact) mass is 301 g/mol. The minimum atomic E-state index is 0.336. The Hall–Kier alpha value is -1.31. The summed E-state index contributed by atoms with van der Waals surface area (Å²) in [7, 11) is 0. The number of rotatable bonds is 6. The SMILES string of the molecule is CCCNC(Cc1cc(C)cc(C)c1)c1ccc(Cl)cc1. The van der Waals surface area contributed by atoms with Crippen LogP contribution in [0.2, 0.25) is 5.02 Å². The van der Waals surface area contributed by atoms with Gasteiger partial charge in [0.25, 0.3) is 0 Å². The van der Waals surface area contributed by atoms with Gasteiger partial charge in [-0.2, -0.15) is 0 Å². The largest absolute Gasteiger partial charge is 0.310 e. The third-order valence-corrected chi connectivity index (χ3v) is 3.89. The smallest absolute Gasteiger partial charge is 0.0406 e. The second kappa shape index (κ2) is 7.63. The van der Waals surface area contributed by atoms with E-state index in [1.165, 1.54) is 22.3 Å². The van der Waals surface area contributed by atoms with Gasteiger partial charge >= 0.3 is 0 Å². The van der Waals surface area contributed by atoms with Crippen LogP contribution < -0.4 is 5.32 Å². The summed E-state index contributed by atoms with van der Waals surface area (Å²) < 4.78 is 0. The van der Waals surface area contributed by atoms with Crippen molar-refractivity contribution < 1.29 is 0 Å². The van der Waals surface area contributed by atoms with Crippen LogP contribution in [-0.4, -0.2) is 6.54 Å². The lowest BCUT2D eigenvalue weighted by Crippen LogP contribution is -2.24. The van der Waals surface area contributed by atoms with Crippen LogP contribution in [-0.2, 0) is 6.42 Å². The molecule has 1 unspecified atom stereocenters. The molecule has 2 aromatic rings. The summed E-state index contributed by atoms with van der Waals surface area (Å²) in [6.45, 7) is 7.54. The van der Waals surface area contributed by atoms with Gasteiger partial charge in [0.1, 0.15) is 0 Å². The first-order valence-corrected chi connectivity index (χ1v) is 8.02. The summed E-state index contributed by atoms with van der Waals surface area (Å²) in [5, 5.41) is 4.44. The topological polar surface area (TPSA) is 12.0 Å². The van der Waals surface area contributed by atoms with Gasteiger partial charge in [-0.15, -0.1) is 0 Å². The van der Waals surface area contributed by atoms with Gasteiger partial charge < -0.3 is 5.32 Å². The Morgan fingerprint density at radius 3 is 2.19 bits per heavy atom. The standard InChI is InChI=1S/C19H24ClN/c1-4-9-21-19(17-5-7-18(20)8-6-17)13-16-11-14(2)10-15(3)12-16/h5-8,10-12,19,21H,4,9,13H2,1-3H3. The number of nitrogens with one attached hydrogen (secondary N) is 1. The molecule has 0 amide bonds. The molecule has 0 aromatic heterocycles. The predicted octanol–water partition coefficient (Wildman–Crippen LogP) is 5.24. The van der Waals surface area contributed by atoms with Gasteiger partial charge in [0.05, 0.1) is 0 Å². The quantitative estimate of drug-likeness (QED) is 0.769. The van der Waals surface area contributed by atoms with E-state index in [1.807, 2.05) is 12.1 Å². The van der Waals surface area contributed by atoms with Gasteiger partial charge in [-0.25, -0.2) is 0 Å². The van der Waals surface area contributed by atoms with Gasteiger partial charge in [0.15, 0.2) is 0 Å². The van der Waals surface area contributed by atoms with E-state index in [4.69, 9.17) is 11.6 Å². The summed E-state index contributed by atoms with van der Waals surface area (Å²) in [4.78, 5) is 0. The van der Waals surface area contributed by atoms with Crippen LogP contribution >= 0.6 is 11.6 Å².